The van der Waals surface area contributed by atoms with Crippen LogP contribution in [0, 0.1) is 5.82 Å². The summed E-state index contributed by atoms with van der Waals surface area (Å²) in [5, 5.41) is 13.2. The van der Waals surface area contributed by atoms with Crippen molar-refractivity contribution in [3.05, 3.63) is 35.4 Å². The van der Waals surface area contributed by atoms with Crippen molar-refractivity contribution in [3.8, 4) is 5.75 Å². The van der Waals surface area contributed by atoms with Crippen molar-refractivity contribution in [3.63, 3.8) is 0 Å². The number of aromatic amines is 1. The van der Waals surface area contributed by atoms with Gasteiger partial charge >= 0.3 is 0 Å². The van der Waals surface area contributed by atoms with Gasteiger partial charge in [-0.1, -0.05) is 11.3 Å². The number of methoxy groups -OCH3 is 1. The molecular formula is C9H10FN5O. The van der Waals surface area contributed by atoms with E-state index in [1.807, 2.05) is 0 Å². The molecule has 0 unspecified atom stereocenters. The van der Waals surface area contributed by atoms with E-state index < -0.39 is 11.9 Å². The Morgan fingerprint density at radius 3 is 2.88 bits per heavy atom. The van der Waals surface area contributed by atoms with E-state index in [1.165, 1.54) is 19.2 Å². The van der Waals surface area contributed by atoms with E-state index in [1.54, 1.807) is 6.07 Å². The van der Waals surface area contributed by atoms with Crippen LogP contribution >= 0.6 is 0 Å². The third-order valence-electron chi connectivity index (χ3n) is 2.17. The van der Waals surface area contributed by atoms with Gasteiger partial charge in [-0.05, 0) is 17.7 Å². The number of aromatic nitrogens is 4. The largest absolute Gasteiger partial charge is 0.494 e. The summed E-state index contributed by atoms with van der Waals surface area (Å²) in [5.41, 5.74) is 6.38. The molecule has 3 N–H and O–H groups in total. The summed E-state index contributed by atoms with van der Waals surface area (Å²) in [4.78, 5) is 0. The van der Waals surface area contributed by atoms with Crippen molar-refractivity contribution >= 4 is 0 Å². The van der Waals surface area contributed by atoms with Crippen molar-refractivity contribution in [2.24, 2.45) is 5.73 Å². The molecule has 1 aromatic heterocycles. The Bertz CT molecular complexity index is 473. The molecule has 0 radical (unpaired) electrons. The average molecular weight is 223 g/mol. The van der Waals surface area contributed by atoms with Crippen LogP contribution in [-0.2, 0) is 0 Å². The molecule has 0 amide bonds. The first-order valence-electron chi connectivity index (χ1n) is 4.54. The van der Waals surface area contributed by atoms with Gasteiger partial charge in [-0.25, -0.2) is 4.39 Å². The Labute approximate surface area is 90.6 Å². The van der Waals surface area contributed by atoms with Gasteiger partial charge in [0, 0.05) is 0 Å². The van der Waals surface area contributed by atoms with Gasteiger partial charge in [0.25, 0.3) is 0 Å². The summed E-state index contributed by atoms with van der Waals surface area (Å²) >= 11 is 0. The van der Waals surface area contributed by atoms with E-state index >= 15 is 0 Å². The Kier molecular flexibility index (Phi) is 2.78. The van der Waals surface area contributed by atoms with E-state index in [9.17, 15) is 4.39 Å². The maximum atomic E-state index is 13.4. The summed E-state index contributed by atoms with van der Waals surface area (Å²) in [6.07, 6.45) is 0. The van der Waals surface area contributed by atoms with Gasteiger partial charge in [0.2, 0.25) is 0 Å². The van der Waals surface area contributed by atoms with Crippen molar-refractivity contribution in [2.45, 2.75) is 6.04 Å². The number of halogens is 1. The molecule has 2 rings (SSSR count). The highest BCUT2D eigenvalue weighted by molar-refractivity contribution is 5.32. The molecular weight excluding hydrogens is 213 g/mol. The predicted octanol–water partition coefficient (Wildman–Crippen LogP) is 0.395. The third kappa shape index (κ3) is 1.84. The first kappa shape index (κ1) is 10.5. The molecule has 0 spiro atoms. The van der Waals surface area contributed by atoms with Crippen LogP contribution in [0.3, 0.4) is 0 Å². The summed E-state index contributed by atoms with van der Waals surface area (Å²) < 4.78 is 18.2. The lowest BCUT2D eigenvalue weighted by molar-refractivity contribution is 0.386. The van der Waals surface area contributed by atoms with Crippen LogP contribution in [0.5, 0.6) is 5.75 Å². The van der Waals surface area contributed by atoms with Gasteiger partial charge in [0.1, 0.15) is 0 Å². The van der Waals surface area contributed by atoms with Gasteiger partial charge in [0.15, 0.2) is 17.4 Å². The maximum Gasteiger partial charge on any atom is 0.195 e. The number of nitrogens with zero attached hydrogens (tertiary/aromatic N) is 3. The molecule has 7 heteroatoms. The highest BCUT2D eigenvalue weighted by atomic mass is 19.1. The molecule has 1 atom stereocenters. The van der Waals surface area contributed by atoms with Crippen molar-refractivity contribution in [2.75, 3.05) is 7.11 Å². The Hall–Kier alpha value is -2.02. The molecule has 1 heterocycles. The van der Waals surface area contributed by atoms with Gasteiger partial charge in [-0.3, -0.25) is 0 Å². The smallest absolute Gasteiger partial charge is 0.195 e. The molecule has 0 fully saturated rings. The molecule has 0 saturated carbocycles. The molecule has 2 aromatic rings. The fourth-order valence-electron chi connectivity index (χ4n) is 1.33. The first-order valence-corrected chi connectivity index (χ1v) is 4.54. The number of benzene rings is 1. The highest BCUT2D eigenvalue weighted by Crippen LogP contribution is 2.22. The quantitative estimate of drug-likeness (QED) is 0.785. The number of hydrogen-bond donors (Lipinski definition) is 2. The molecule has 0 aliphatic heterocycles. The fourth-order valence-corrected chi connectivity index (χ4v) is 1.33. The molecule has 16 heavy (non-hydrogen) atoms. The number of nitrogens with one attached hydrogen (secondary N) is 1. The number of ether oxygens (including phenoxy) is 1. The molecule has 1 aromatic carbocycles. The van der Waals surface area contributed by atoms with Crippen LogP contribution in [0.2, 0.25) is 0 Å². The molecule has 0 aliphatic carbocycles. The molecule has 0 bridgehead atoms. The lowest BCUT2D eigenvalue weighted by atomic mass is 10.1. The summed E-state index contributed by atoms with van der Waals surface area (Å²) in [6, 6.07) is 3.84. The second kappa shape index (κ2) is 4.23. The second-order valence-electron chi connectivity index (χ2n) is 3.14. The zero-order valence-corrected chi connectivity index (χ0v) is 8.51. The summed E-state index contributed by atoms with van der Waals surface area (Å²) in [5.74, 6) is 0.00701. The van der Waals surface area contributed by atoms with Crippen LogP contribution in [0.15, 0.2) is 18.2 Å². The Balaban J connectivity index is 2.31. The topological polar surface area (TPSA) is 89.7 Å². The molecule has 84 valence electrons. The van der Waals surface area contributed by atoms with Crippen molar-refractivity contribution in [1.82, 2.24) is 20.6 Å². The number of tetrazole rings is 1. The highest BCUT2D eigenvalue weighted by Gasteiger charge is 2.15. The predicted molar refractivity (Wildman–Crippen MR) is 53.2 cm³/mol. The van der Waals surface area contributed by atoms with Gasteiger partial charge < -0.3 is 10.5 Å². The second-order valence-corrected chi connectivity index (χ2v) is 3.14. The third-order valence-corrected chi connectivity index (χ3v) is 2.17. The number of nitrogens with two attached hydrogens (primary N) is 1. The number of hydrogen-bond acceptors (Lipinski definition) is 5. The lowest BCUT2D eigenvalue weighted by Crippen LogP contribution is -2.14. The monoisotopic (exact) mass is 223 g/mol. The number of H-pyrrole nitrogens is 1. The van der Waals surface area contributed by atoms with Crippen LogP contribution in [0.25, 0.3) is 0 Å². The minimum Gasteiger partial charge on any atom is -0.494 e. The normalized spacial score (nSPS) is 12.4. The van der Waals surface area contributed by atoms with Crippen molar-refractivity contribution < 1.29 is 9.13 Å². The summed E-state index contributed by atoms with van der Waals surface area (Å²) in [7, 11) is 1.40. The van der Waals surface area contributed by atoms with E-state index in [4.69, 9.17) is 10.5 Å². The Morgan fingerprint density at radius 1 is 1.50 bits per heavy atom. The van der Waals surface area contributed by atoms with E-state index in [-0.39, 0.29) is 5.75 Å². The zero-order chi connectivity index (χ0) is 11.5. The minimum atomic E-state index is -0.612. The van der Waals surface area contributed by atoms with Crippen LogP contribution in [0.4, 0.5) is 4.39 Å². The van der Waals surface area contributed by atoms with Gasteiger partial charge in [-0.2, -0.15) is 5.21 Å². The molecule has 0 aliphatic rings. The molecule has 0 saturated heterocycles. The van der Waals surface area contributed by atoms with Crippen molar-refractivity contribution in [1.29, 1.82) is 0 Å². The zero-order valence-electron chi connectivity index (χ0n) is 8.51. The number of rotatable bonds is 3. The Morgan fingerprint density at radius 2 is 2.31 bits per heavy atom. The lowest BCUT2D eigenvalue weighted by Gasteiger charge is -2.09. The van der Waals surface area contributed by atoms with E-state index in [0.717, 1.165) is 0 Å². The first-order chi connectivity index (χ1) is 7.72. The van der Waals surface area contributed by atoms with Gasteiger partial charge in [0.05, 0.1) is 13.2 Å². The van der Waals surface area contributed by atoms with Crippen LogP contribution in [-0.4, -0.2) is 27.7 Å². The standard InChI is InChI=1S/C9H10FN5O/c1-16-7-3-2-5(4-6(7)10)8(11)9-12-14-15-13-9/h2-4,8H,11H2,1H3,(H,12,13,14,15)/t8-/m1/s1. The SMILES string of the molecule is COc1ccc([C@@H](N)c2nn[nH]n2)cc1F. The van der Waals surface area contributed by atoms with Crippen LogP contribution < -0.4 is 10.5 Å². The van der Waals surface area contributed by atoms with Crippen LogP contribution in [0.1, 0.15) is 17.4 Å². The minimum absolute atomic E-state index is 0.170. The van der Waals surface area contributed by atoms with E-state index in [2.05, 4.69) is 20.6 Å². The molecule has 6 nitrogen and oxygen atoms in total. The summed E-state index contributed by atoms with van der Waals surface area (Å²) in [6.45, 7) is 0. The fraction of sp³-hybridized carbons (Fsp3) is 0.222. The van der Waals surface area contributed by atoms with Gasteiger partial charge in [-0.15, -0.1) is 10.2 Å². The van der Waals surface area contributed by atoms with E-state index in [0.29, 0.717) is 11.4 Å². The maximum absolute atomic E-state index is 13.4. The average Bonchev–Trinajstić information content (AvgIpc) is 2.81.